The quantitative estimate of drug-likeness (QED) is 0.697. The maximum atomic E-state index is 5.39. The Hall–Kier alpha value is -1.66. The van der Waals surface area contributed by atoms with Crippen molar-refractivity contribution in [2.75, 3.05) is 38.8 Å². The second kappa shape index (κ2) is 7.70. The second-order valence-corrected chi connectivity index (χ2v) is 4.19. The number of rotatable bonds is 9. The van der Waals surface area contributed by atoms with Gasteiger partial charge in [-0.15, -0.1) is 0 Å². The molecule has 2 aromatic heterocycles. The highest BCUT2D eigenvalue weighted by Gasteiger charge is 1.97. The van der Waals surface area contributed by atoms with Crippen LogP contribution in [0.4, 0.5) is 5.82 Å². The van der Waals surface area contributed by atoms with Gasteiger partial charge in [0.25, 0.3) is 0 Å². The van der Waals surface area contributed by atoms with E-state index in [1.165, 1.54) is 0 Å². The van der Waals surface area contributed by atoms with Crippen LogP contribution in [0.15, 0.2) is 24.5 Å². The molecular formula is C13H20N4O2. The van der Waals surface area contributed by atoms with Crippen molar-refractivity contribution in [2.24, 2.45) is 0 Å². The van der Waals surface area contributed by atoms with E-state index in [1.807, 2.05) is 18.3 Å². The minimum Gasteiger partial charge on any atom is -0.382 e. The van der Waals surface area contributed by atoms with Crippen molar-refractivity contribution in [3.63, 3.8) is 0 Å². The summed E-state index contributed by atoms with van der Waals surface area (Å²) in [6.07, 6.45) is 5.73. The number of unbranched alkanes of at least 4 members (excludes halogenated alkanes) is 1. The highest BCUT2D eigenvalue weighted by atomic mass is 16.5. The zero-order valence-corrected chi connectivity index (χ0v) is 11.2. The van der Waals surface area contributed by atoms with E-state index in [1.54, 1.807) is 17.8 Å². The van der Waals surface area contributed by atoms with Crippen LogP contribution in [-0.4, -0.2) is 48.1 Å². The van der Waals surface area contributed by atoms with E-state index in [-0.39, 0.29) is 0 Å². The zero-order chi connectivity index (χ0) is 13.3. The maximum Gasteiger partial charge on any atom is 0.157 e. The molecule has 0 amide bonds. The van der Waals surface area contributed by atoms with Crippen molar-refractivity contribution in [1.82, 2.24) is 14.6 Å². The summed E-state index contributed by atoms with van der Waals surface area (Å²) < 4.78 is 12.0. The molecule has 0 radical (unpaired) electrons. The molecule has 0 unspecified atom stereocenters. The molecule has 6 heteroatoms. The molecule has 1 N–H and O–H groups in total. The van der Waals surface area contributed by atoms with Gasteiger partial charge in [0.2, 0.25) is 0 Å². The molecule has 2 aromatic rings. The first-order valence-electron chi connectivity index (χ1n) is 6.51. The van der Waals surface area contributed by atoms with Gasteiger partial charge in [0.1, 0.15) is 5.82 Å². The number of hydrogen-bond donors (Lipinski definition) is 1. The highest BCUT2D eigenvalue weighted by Crippen LogP contribution is 2.05. The fourth-order valence-electron chi connectivity index (χ4n) is 1.70. The predicted octanol–water partition coefficient (Wildman–Crippen LogP) is 1.58. The Morgan fingerprint density at radius 1 is 1.21 bits per heavy atom. The molecule has 0 spiro atoms. The summed E-state index contributed by atoms with van der Waals surface area (Å²) in [6, 6.07) is 3.81. The van der Waals surface area contributed by atoms with Crippen LogP contribution in [0.3, 0.4) is 0 Å². The van der Waals surface area contributed by atoms with Crippen LogP contribution >= 0.6 is 0 Å². The molecule has 0 aliphatic carbocycles. The molecule has 0 saturated carbocycles. The molecule has 2 heterocycles. The van der Waals surface area contributed by atoms with Crippen molar-refractivity contribution in [1.29, 1.82) is 0 Å². The van der Waals surface area contributed by atoms with Crippen LogP contribution in [0.1, 0.15) is 12.8 Å². The summed E-state index contributed by atoms with van der Waals surface area (Å²) in [7, 11) is 1.68. The van der Waals surface area contributed by atoms with Gasteiger partial charge in [-0.2, -0.15) is 5.10 Å². The number of nitrogens with zero attached hydrogens (tertiary/aromatic N) is 3. The number of anilines is 1. The van der Waals surface area contributed by atoms with Gasteiger partial charge in [-0.1, -0.05) is 0 Å². The van der Waals surface area contributed by atoms with Gasteiger partial charge in [-0.3, -0.25) is 0 Å². The standard InChI is InChI=1S/C13H20N4O2/c1-18-10-11-19-9-3-2-6-14-12-5-8-17-13(16-12)4-7-15-17/h4-5,7-8H,2-3,6,9-11H2,1H3,(H,14,16). The van der Waals surface area contributed by atoms with Gasteiger partial charge in [-0.05, 0) is 18.9 Å². The van der Waals surface area contributed by atoms with Gasteiger partial charge in [0, 0.05) is 32.5 Å². The Morgan fingerprint density at radius 2 is 2.16 bits per heavy atom. The van der Waals surface area contributed by atoms with E-state index in [4.69, 9.17) is 9.47 Å². The lowest BCUT2D eigenvalue weighted by molar-refractivity contribution is 0.0691. The van der Waals surface area contributed by atoms with E-state index in [2.05, 4.69) is 15.4 Å². The SMILES string of the molecule is COCCOCCCCNc1ccn2nccc2n1. The molecule has 2 rings (SSSR count). The van der Waals surface area contributed by atoms with E-state index < -0.39 is 0 Å². The lowest BCUT2D eigenvalue weighted by atomic mass is 10.3. The second-order valence-electron chi connectivity index (χ2n) is 4.19. The van der Waals surface area contributed by atoms with E-state index in [9.17, 15) is 0 Å². The third-order valence-corrected chi connectivity index (χ3v) is 2.71. The van der Waals surface area contributed by atoms with Gasteiger partial charge < -0.3 is 14.8 Å². The highest BCUT2D eigenvalue weighted by molar-refractivity contribution is 5.45. The van der Waals surface area contributed by atoms with Gasteiger partial charge in [0.15, 0.2) is 5.65 Å². The molecule has 0 saturated heterocycles. The smallest absolute Gasteiger partial charge is 0.157 e. The molecule has 0 fully saturated rings. The number of aromatic nitrogens is 3. The molecule has 19 heavy (non-hydrogen) atoms. The fourth-order valence-corrected chi connectivity index (χ4v) is 1.70. The number of hydrogen-bond acceptors (Lipinski definition) is 5. The molecule has 0 aliphatic heterocycles. The van der Waals surface area contributed by atoms with Gasteiger partial charge in [0.05, 0.1) is 19.4 Å². The molecule has 6 nitrogen and oxygen atoms in total. The topological polar surface area (TPSA) is 60.7 Å². The zero-order valence-electron chi connectivity index (χ0n) is 11.2. The summed E-state index contributed by atoms with van der Waals surface area (Å²) in [5, 5.41) is 7.40. The first kappa shape index (κ1) is 13.8. The summed E-state index contributed by atoms with van der Waals surface area (Å²) >= 11 is 0. The minimum atomic E-state index is 0.660. The Balaban J connectivity index is 1.60. The summed E-state index contributed by atoms with van der Waals surface area (Å²) in [5.74, 6) is 0.883. The van der Waals surface area contributed by atoms with Crippen molar-refractivity contribution in [3.05, 3.63) is 24.5 Å². The number of ether oxygens (including phenoxy) is 2. The third kappa shape index (κ3) is 4.50. The monoisotopic (exact) mass is 264 g/mol. The van der Waals surface area contributed by atoms with E-state index in [0.717, 1.165) is 37.5 Å². The fraction of sp³-hybridized carbons (Fsp3) is 0.538. The van der Waals surface area contributed by atoms with Gasteiger partial charge in [-0.25, -0.2) is 9.50 Å². The van der Waals surface area contributed by atoms with Crippen molar-refractivity contribution < 1.29 is 9.47 Å². The number of fused-ring (bicyclic) bond motifs is 1. The number of nitrogens with one attached hydrogen (secondary N) is 1. The molecule has 0 atom stereocenters. The lowest BCUT2D eigenvalue weighted by Crippen LogP contribution is -2.07. The average molecular weight is 264 g/mol. The van der Waals surface area contributed by atoms with Crippen LogP contribution in [-0.2, 0) is 9.47 Å². The Labute approximate surface area is 112 Å². The summed E-state index contributed by atoms with van der Waals surface area (Å²) in [5.41, 5.74) is 0.855. The largest absolute Gasteiger partial charge is 0.382 e. The molecule has 0 aromatic carbocycles. The average Bonchev–Trinajstić information content (AvgIpc) is 2.89. The first-order valence-corrected chi connectivity index (χ1v) is 6.51. The van der Waals surface area contributed by atoms with Gasteiger partial charge >= 0.3 is 0 Å². The Morgan fingerprint density at radius 3 is 3.05 bits per heavy atom. The Bertz CT molecular complexity index is 486. The normalized spacial score (nSPS) is 11.0. The van der Waals surface area contributed by atoms with Crippen molar-refractivity contribution in [3.8, 4) is 0 Å². The molecule has 0 bridgehead atoms. The minimum absolute atomic E-state index is 0.660. The molecule has 104 valence electrons. The summed E-state index contributed by atoms with van der Waals surface area (Å²) in [6.45, 7) is 3.00. The van der Waals surface area contributed by atoms with Crippen LogP contribution in [0.25, 0.3) is 5.65 Å². The van der Waals surface area contributed by atoms with E-state index >= 15 is 0 Å². The van der Waals surface area contributed by atoms with Crippen LogP contribution in [0, 0.1) is 0 Å². The van der Waals surface area contributed by atoms with E-state index in [0.29, 0.717) is 13.2 Å². The van der Waals surface area contributed by atoms with Crippen LogP contribution in [0.2, 0.25) is 0 Å². The number of methoxy groups -OCH3 is 1. The van der Waals surface area contributed by atoms with Crippen LogP contribution in [0.5, 0.6) is 0 Å². The molecular weight excluding hydrogens is 244 g/mol. The predicted molar refractivity (Wildman–Crippen MR) is 73.4 cm³/mol. The Kier molecular flexibility index (Phi) is 5.58. The molecule has 0 aliphatic rings. The van der Waals surface area contributed by atoms with Crippen molar-refractivity contribution >= 4 is 11.5 Å². The third-order valence-electron chi connectivity index (χ3n) is 2.71. The summed E-state index contributed by atoms with van der Waals surface area (Å²) in [4.78, 5) is 4.44. The van der Waals surface area contributed by atoms with Crippen molar-refractivity contribution in [2.45, 2.75) is 12.8 Å². The lowest BCUT2D eigenvalue weighted by Gasteiger charge is -2.06. The maximum absolute atomic E-state index is 5.39. The first-order chi connectivity index (χ1) is 9.40. The van der Waals surface area contributed by atoms with Crippen LogP contribution < -0.4 is 5.32 Å².